The summed E-state index contributed by atoms with van der Waals surface area (Å²) >= 11 is 1.36. The monoisotopic (exact) mass is 452 g/mol. The molecule has 0 atom stereocenters. The quantitative estimate of drug-likeness (QED) is 0.369. The number of anilines is 1. The van der Waals surface area contributed by atoms with E-state index in [1.54, 1.807) is 18.2 Å². The van der Waals surface area contributed by atoms with Gasteiger partial charge >= 0.3 is 0 Å². The van der Waals surface area contributed by atoms with Crippen molar-refractivity contribution in [3.63, 3.8) is 0 Å². The Hall–Kier alpha value is -3.32. The lowest BCUT2D eigenvalue weighted by molar-refractivity contribution is 0.357. The maximum atomic E-state index is 14.5. The Morgan fingerprint density at radius 3 is 2.56 bits per heavy atom. The van der Waals surface area contributed by atoms with Crippen LogP contribution in [0.4, 0.5) is 18.3 Å². The van der Waals surface area contributed by atoms with Crippen LogP contribution in [0.15, 0.2) is 60.7 Å². The van der Waals surface area contributed by atoms with Gasteiger partial charge in [0.15, 0.2) is 5.13 Å². The predicted octanol–water partition coefficient (Wildman–Crippen LogP) is 6.37. The molecule has 0 saturated carbocycles. The van der Waals surface area contributed by atoms with E-state index < -0.39 is 17.5 Å². The molecule has 0 fully saturated rings. The Labute approximate surface area is 187 Å². The first-order valence-electron chi connectivity index (χ1n) is 10.2. The SMILES string of the molecule is Fc1cc(F)cc(Cc2sc(NCc3ccc4c(c3)CCO4)nc2-c2ccccc2F)c1. The Balaban J connectivity index is 1.44. The number of nitrogens with one attached hydrogen (secondary N) is 1. The van der Waals surface area contributed by atoms with E-state index in [9.17, 15) is 13.2 Å². The molecule has 0 radical (unpaired) electrons. The third-order valence-corrected chi connectivity index (χ3v) is 6.32. The fraction of sp³-hybridized carbons (Fsp3) is 0.160. The molecule has 0 bridgehead atoms. The molecule has 162 valence electrons. The molecule has 4 aromatic rings. The maximum absolute atomic E-state index is 14.5. The Bertz CT molecular complexity index is 1270. The highest BCUT2D eigenvalue weighted by Gasteiger charge is 2.18. The topological polar surface area (TPSA) is 34.1 Å². The summed E-state index contributed by atoms with van der Waals surface area (Å²) < 4.78 is 47.5. The van der Waals surface area contributed by atoms with Crippen LogP contribution in [0.5, 0.6) is 5.75 Å². The van der Waals surface area contributed by atoms with Crippen LogP contribution in [0, 0.1) is 17.5 Å². The van der Waals surface area contributed by atoms with Gasteiger partial charge < -0.3 is 10.1 Å². The van der Waals surface area contributed by atoms with Crippen LogP contribution >= 0.6 is 11.3 Å². The molecule has 7 heteroatoms. The highest BCUT2D eigenvalue weighted by atomic mass is 32.1. The number of fused-ring (bicyclic) bond motifs is 1. The molecule has 0 saturated heterocycles. The van der Waals surface area contributed by atoms with Crippen LogP contribution in [-0.4, -0.2) is 11.6 Å². The first-order valence-corrected chi connectivity index (χ1v) is 11.0. The summed E-state index contributed by atoms with van der Waals surface area (Å²) in [6, 6.07) is 15.9. The molecule has 2 heterocycles. The van der Waals surface area contributed by atoms with Crippen molar-refractivity contribution in [2.75, 3.05) is 11.9 Å². The zero-order valence-electron chi connectivity index (χ0n) is 17.0. The molecule has 1 aliphatic rings. The Kier molecular flexibility index (Phi) is 5.57. The molecule has 3 nitrogen and oxygen atoms in total. The molecule has 3 aromatic carbocycles. The summed E-state index contributed by atoms with van der Waals surface area (Å²) in [5.74, 6) is -0.754. The number of halogens is 3. The zero-order chi connectivity index (χ0) is 22.1. The highest BCUT2D eigenvalue weighted by Crippen LogP contribution is 2.35. The third kappa shape index (κ3) is 4.34. The molecule has 0 spiro atoms. The Morgan fingerprint density at radius 1 is 0.938 bits per heavy atom. The van der Waals surface area contributed by atoms with Crippen molar-refractivity contribution in [2.45, 2.75) is 19.4 Å². The summed E-state index contributed by atoms with van der Waals surface area (Å²) in [6.45, 7) is 1.25. The minimum Gasteiger partial charge on any atom is -0.493 e. The molecule has 0 unspecified atom stereocenters. The van der Waals surface area contributed by atoms with E-state index in [0.29, 0.717) is 35.1 Å². The third-order valence-electron chi connectivity index (χ3n) is 5.31. The van der Waals surface area contributed by atoms with Gasteiger partial charge in [0.1, 0.15) is 23.2 Å². The van der Waals surface area contributed by atoms with Crippen molar-refractivity contribution in [3.8, 4) is 17.0 Å². The van der Waals surface area contributed by atoms with Crippen LogP contribution in [0.25, 0.3) is 11.3 Å². The smallest absolute Gasteiger partial charge is 0.183 e. The summed E-state index contributed by atoms with van der Waals surface area (Å²) in [4.78, 5) is 5.35. The summed E-state index contributed by atoms with van der Waals surface area (Å²) in [7, 11) is 0. The fourth-order valence-corrected chi connectivity index (χ4v) is 4.84. The average molecular weight is 453 g/mol. The van der Waals surface area contributed by atoms with Crippen molar-refractivity contribution >= 4 is 16.5 Å². The van der Waals surface area contributed by atoms with E-state index in [1.165, 1.54) is 35.1 Å². The van der Waals surface area contributed by atoms with Crippen LogP contribution in [0.2, 0.25) is 0 Å². The van der Waals surface area contributed by atoms with E-state index in [0.717, 1.165) is 28.7 Å². The van der Waals surface area contributed by atoms with E-state index in [-0.39, 0.29) is 6.42 Å². The number of rotatable bonds is 6. The van der Waals surface area contributed by atoms with E-state index >= 15 is 0 Å². The molecule has 1 aromatic heterocycles. The summed E-state index contributed by atoms with van der Waals surface area (Å²) in [6.07, 6.45) is 1.14. The number of nitrogens with zero attached hydrogens (tertiary/aromatic N) is 1. The molecule has 1 N–H and O–H groups in total. The van der Waals surface area contributed by atoms with E-state index in [4.69, 9.17) is 4.74 Å². The lowest BCUT2D eigenvalue weighted by atomic mass is 10.1. The number of hydrogen-bond acceptors (Lipinski definition) is 4. The van der Waals surface area contributed by atoms with Gasteiger partial charge in [-0.05, 0) is 47.0 Å². The van der Waals surface area contributed by atoms with Gasteiger partial charge in [0.2, 0.25) is 0 Å². The van der Waals surface area contributed by atoms with Gasteiger partial charge in [0, 0.05) is 35.9 Å². The minimum atomic E-state index is -0.643. The number of aromatic nitrogens is 1. The van der Waals surface area contributed by atoms with E-state index in [1.807, 2.05) is 12.1 Å². The van der Waals surface area contributed by atoms with Gasteiger partial charge in [0.05, 0.1) is 12.3 Å². The molecule has 1 aliphatic heterocycles. The molecule has 32 heavy (non-hydrogen) atoms. The largest absolute Gasteiger partial charge is 0.493 e. The average Bonchev–Trinajstić information content (AvgIpc) is 3.38. The van der Waals surface area contributed by atoms with Gasteiger partial charge in [-0.3, -0.25) is 0 Å². The molecule has 0 aliphatic carbocycles. The lowest BCUT2D eigenvalue weighted by Gasteiger charge is -2.05. The number of benzene rings is 3. The van der Waals surface area contributed by atoms with E-state index in [2.05, 4.69) is 16.4 Å². The number of ether oxygens (including phenoxy) is 1. The summed E-state index contributed by atoms with van der Waals surface area (Å²) in [5.41, 5.74) is 3.57. The van der Waals surface area contributed by atoms with Gasteiger partial charge in [-0.25, -0.2) is 18.2 Å². The van der Waals surface area contributed by atoms with Crippen LogP contribution < -0.4 is 10.1 Å². The van der Waals surface area contributed by atoms with Crippen LogP contribution in [-0.2, 0) is 19.4 Å². The second-order valence-electron chi connectivity index (χ2n) is 7.62. The molecular formula is C25H19F3N2OS. The molecular weight excluding hydrogens is 433 g/mol. The van der Waals surface area contributed by atoms with Crippen LogP contribution in [0.1, 0.15) is 21.6 Å². The van der Waals surface area contributed by atoms with Crippen molar-refractivity contribution in [2.24, 2.45) is 0 Å². The minimum absolute atomic E-state index is 0.244. The molecule has 0 amide bonds. The first-order chi connectivity index (χ1) is 15.5. The van der Waals surface area contributed by atoms with Crippen LogP contribution in [0.3, 0.4) is 0 Å². The van der Waals surface area contributed by atoms with Crippen molar-refractivity contribution in [3.05, 3.63) is 99.7 Å². The first kappa shape index (κ1) is 20.6. The maximum Gasteiger partial charge on any atom is 0.183 e. The van der Waals surface area contributed by atoms with Crippen molar-refractivity contribution < 1.29 is 17.9 Å². The predicted molar refractivity (Wildman–Crippen MR) is 120 cm³/mol. The highest BCUT2D eigenvalue weighted by molar-refractivity contribution is 7.16. The second kappa shape index (κ2) is 8.67. The van der Waals surface area contributed by atoms with Crippen molar-refractivity contribution in [1.29, 1.82) is 0 Å². The normalized spacial score (nSPS) is 12.5. The lowest BCUT2D eigenvalue weighted by Crippen LogP contribution is -1.99. The zero-order valence-corrected chi connectivity index (χ0v) is 17.8. The van der Waals surface area contributed by atoms with Crippen molar-refractivity contribution in [1.82, 2.24) is 4.98 Å². The number of thiazole rings is 1. The van der Waals surface area contributed by atoms with Gasteiger partial charge in [-0.15, -0.1) is 11.3 Å². The van der Waals surface area contributed by atoms with Gasteiger partial charge in [-0.2, -0.15) is 0 Å². The number of hydrogen-bond donors (Lipinski definition) is 1. The standard InChI is InChI=1S/C25H19F3N2OS/c26-18-10-16(11-19(27)13-18)12-23-24(20-3-1-2-4-21(20)28)30-25(32-23)29-14-15-5-6-22-17(9-15)7-8-31-22/h1-6,9-11,13H,7-8,12,14H2,(H,29,30). The van der Waals surface area contributed by atoms with Gasteiger partial charge in [0.25, 0.3) is 0 Å². The Morgan fingerprint density at radius 2 is 1.75 bits per heavy atom. The fourth-order valence-electron chi connectivity index (χ4n) is 3.84. The molecule has 5 rings (SSSR count). The summed E-state index contributed by atoms with van der Waals surface area (Å²) in [5, 5.41) is 3.92. The van der Waals surface area contributed by atoms with Gasteiger partial charge in [-0.1, -0.05) is 24.3 Å². The second-order valence-corrected chi connectivity index (χ2v) is 8.70.